The third-order valence-electron chi connectivity index (χ3n) is 0.497. The van der Waals surface area contributed by atoms with Gasteiger partial charge in [-0.2, -0.15) is 12.6 Å². The van der Waals surface area contributed by atoms with Crippen molar-refractivity contribution in [3.05, 3.63) is 0 Å². The van der Waals surface area contributed by atoms with Gasteiger partial charge in [0.1, 0.15) is 0 Å². The first kappa shape index (κ1) is 6.27. The second-order valence-corrected chi connectivity index (χ2v) is 1.51. The van der Waals surface area contributed by atoms with Crippen molar-refractivity contribution in [3.63, 3.8) is 0 Å². The highest BCUT2D eigenvalue weighted by Crippen LogP contribution is 1.76. The lowest BCUT2D eigenvalue weighted by Crippen LogP contribution is -2.26. The molecular formula is C3H9N2S. The topological polar surface area (TPSA) is 49.8 Å². The number of thiol groups is 1. The average molecular weight is 105 g/mol. The molecule has 37 valence electrons. The van der Waals surface area contributed by atoms with Crippen molar-refractivity contribution in [1.82, 2.24) is 5.73 Å². The fourth-order valence-electron chi connectivity index (χ4n) is 0.0645. The Kier molecular flexibility index (Phi) is 3.62. The van der Waals surface area contributed by atoms with Crippen LogP contribution < -0.4 is 11.5 Å². The zero-order valence-corrected chi connectivity index (χ0v) is 4.41. The Hall–Kier alpha value is 0.270. The highest BCUT2D eigenvalue weighted by molar-refractivity contribution is 7.80. The lowest BCUT2D eigenvalue weighted by Gasteiger charge is -1.98. The molecule has 0 aliphatic rings. The Labute approximate surface area is 43.3 Å². The van der Waals surface area contributed by atoms with Crippen LogP contribution in [-0.4, -0.2) is 18.3 Å². The average Bonchev–Trinajstić information content (AvgIpc) is 1.65. The minimum Gasteiger partial charge on any atom is -0.326 e. The fourth-order valence-corrected chi connectivity index (χ4v) is 0.194. The van der Waals surface area contributed by atoms with Crippen molar-refractivity contribution in [1.29, 1.82) is 0 Å². The Morgan fingerprint density at radius 3 is 2.33 bits per heavy atom. The third-order valence-corrected chi connectivity index (χ3v) is 0.966. The van der Waals surface area contributed by atoms with Crippen LogP contribution in [0.15, 0.2) is 0 Å². The summed E-state index contributed by atoms with van der Waals surface area (Å²) in [5.41, 5.74) is 11.8. The first-order valence-corrected chi connectivity index (χ1v) is 2.45. The first-order chi connectivity index (χ1) is 2.81. The second kappa shape index (κ2) is 3.46. The van der Waals surface area contributed by atoms with Crippen LogP contribution in [0.25, 0.3) is 0 Å². The Bertz CT molecular complexity index is 28.0. The summed E-state index contributed by atoms with van der Waals surface area (Å²) in [5, 5.41) is 0. The highest BCUT2D eigenvalue weighted by atomic mass is 32.1. The van der Waals surface area contributed by atoms with E-state index in [2.05, 4.69) is 12.6 Å². The summed E-state index contributed by atoms with van der Waals surface area (Å²) in [4.78, 5) is 0. The first-order valence-electron chi connectivity index (χ1n) is 1.82. The molecule has 3 N–H and O–H groups in total. The molecule has 0 saturated heterocycles. The minimum absolute atomic E-state index is 0.0340. The van der Waals surface area contributed by atoms with Crippen molar-refractivity contribution >= 4 is 12.6 Å². The van der Waals surface area contributed by atoms with Crippen molar-refractivity contribution in [2.24, 2.45) is 5.73 Å². The minimum atomic E-state index is -0.0340. The molecule has 0 aromatic carbocycles. The van der Waals surface area contributed by atoms with E-state index in [1.807, 2.05) is 0 Å². The SMILES string of the molecule is [NH]CC(N)CS. The molecule has 0 aliphatic heterocycles. The van der Waals surface area contributed by atoms with E-state index in [0.29, 0.717) is 5.75 Å². The van der Waals surface area contributed by atoms with Gasteiger partial charge in [-0.3, -0.25) is 5.73 Å². The van der Waals surface area contributed by atoms with Gasteiger partial charge in [0, 0.05) is 18.3 Å². The largest absolute Gasteiger partial charge is 0.326 e. The molecule has 1 atom stereocenters. The van der Waals surface area contributed by atoms with E-state index < -0.39 is 0 Å². The summed E-state index contributed by atoms with van der Waals surface area (Å²) in [5.74, 6) is 0.615. The second-order valence-electron chi connectivity index (χ2n) is 1.15. The molecule has 0 rings (SSSR count). The van der Waals surface area contributed by atoms with Crippen LogP contribution >= 0.6 is 12.6 Å². The van der Waals surface area contributed by atoms with E-state index in [9.17, 15) is 0 Å². The van der Waals surface area contributed by atoms with Crippen LogP contribution in [0, 0.1) is 0 Å². The zero-order chi connectivity index (χ0) is 4.99. The predicted molar refractivity (Wildman–Crippen MR) is 29.8 cm³/mol. The highest BCUT2D eigenvalue weighted by Gasteiger charge is 1.90. The van der Waals surface area contributed by atoms with Crippen molar-refractivity contribution in [2.45, 2.75) is 6.04 Å². The van der Waals surface area contributed by atoms with Crippen LogP contribution in [0.4, 0.5) is 0 Å². The van der Waals surface area contributed by atoms with Gasteiger partial charge in [-0.1, -0.05) is 0 Å². The summed E-state index contributed by atoms with van der Waals surface area (Å²) in [6.07, 6.45) is 0. The van der Waals surface area contributed by atoms with Gasteiger partial charge in [0.05, 0.1) is 0 Å². The van der Waals surface area contributed by atoms with E-state index in [0.717, 1.165) is 0 Å². The molecule has 0 aliphatic carbocycles. The van der Waals surface area contributed by atoms with Gasteiger partial charge < -0.3 is 5.73 Å². The van der Waals surface area contributed by atoms with E-state index >= 15 is 0 Å². The standard InChI is InChI=1S/C3H9N2S/c4-1-3(5)2-6/h3-4,6H,1-2,5H2. The van der Waals surface area contributed by atoms with Gasteiger partial charge in [-0.25, -0.2) is 0 Å². The van der Waals surface area contributed by atoms with Gasteiger partial charge in [-0.05, 0) is 0 Å². The Balaban J connectivity index is 2.75. The van der Waals surface area contributed by atoms with E-state index in [1.54, 1.807) is 0 Å². The molecule has 0 amide bonds. The van der Waals surface area contributed by atoms with Gasteiger partial charge >= 0.3 is 0 Å². The molecule has 0 aromatic heterocycles. The fraction of sp³-hybridized carbons (Fsp3) is 1.00. The van der Waals surface area contributed by atoms with Crippen molar-refractivity contribution < 1.29 is 0 Å². The van der Waals surface area contributed by atoms with Crippen molar-refractivity contribution in [2.75, 3.05) is 12.3 Å². The molecule has 3 heteroatoms. The maximum atomic E-state index is 6.63. The summed E-state index contributed by atoms with van der Waals surface area (Å²) in [6.45, 7) is 0.281. The summed E-state index contributed by atoms with van der Waals surface area (Å²) < 4.78 is 0. The lowest BCUT2D eigenvalue weighted by molar-refractivity contribution is 0.751. The van der Waals surface area contributed by atoms with Crippen LogP contribution in [0.2, 0.25) is 0 Å². The van der Waals surface area contributed by atoms with E-state index in [-0.39, 0.29) is 12.6 Å². The lowest BCUT2D eigenvalue weighted by atomic mass is 10.4. The van der Waals surface area contributed by atoms with Crippen molar-refractivity contribution in [3.8, 4) is 0 Å². The van der Waals surface area contributed by atoms with Crippen LogP contribution in [0.3, 0.4) is 0 Å². The van der Waals surface area contributed by atoms with Gasteiger partial charge in [0.2, 0.25) is 0 Å². The van der Waals surface area contributed by atoms with E-state index in [1.165, 1.54) is 0 Å². The monoisotopic (exact) mass is 105 g/mol. The van der Waals surface area contributed by atoms with Gasteiger partial charge in [0.15, 0.2) is 0 Å². The quantitative estimate of drug-likeness (QED) is 0.458. The predicted octanol–water partition coefficient (Wildman–Crippen LogP) is -0.474. The number of nitrogens with one attached hydrogen (secondary N) is 1. The molecule has 6 heavy (non-hydrogen) atoms. The molecule has 0 spiro atoms. The molecule has 0 fully saturated rings. The molecule has 0 aromatic rings. The maximum absolute atomic E-state index is 6.63. The number of hydrogen-bond donors (Lipinski definition) is 2. The normalized spacial score (nSPS) is 14.5. The Morgan fingerprint density at radius 2 is 2.33 bits per heavy atom. The molecule has 0 heterocycles. The molecular weight excluding hydrogens is 96.1 g/mol. The summed E-state index contributed by atoms with van der Waals surface area (Å²) >= 11 is 3.85. The molecule has 1 unspecified atom stereocenters. The molecule has 1 radical (unpaired) electrons. The van der Waals surface area contributed by atoms with Crippen LogP contribution in [0.1, 0.15) is 0 Å². The number of nitrogens with two attached hydrogens (primary N) is 1. The third kappa shape index (κ3) is 2.50. The Morgan fingerprint density at radius 1 is 1.83 bits per heavy atom. The zero-order valence-electron chi connectivity index (χ0n) is 3.52. The maximum Gasteiger partial charge on any atom is 0.0268 e. The van der Waals surface area contributed by atoms with Gasteiger partial charge in [-0.15, -0.1) is 0 Å². The van der Waals surface area contributed by atoms with Crippen LogP contribution in [-0.2, 0) is 0 Å². The number of hydrogen-bond acceptors (Lipinski definition) is 2. The molecule has 0 bridgehead atoms. The van der Waals surface area contributed by atoms with Gasteiger partial charge in [0.25, 0.3) is 0 Å². The smallest absolute Gasteiger partial charge is 0.0268 e. The molecule has 0 saturated carbocycles. The van der Waals surface area contributed by atoms with Crippen LogP contribution in [0.5, 0.6) is 0 Å². The summed E-state index contributed by atoms with van der Waals surface area (Å²) in [7, 11) is 0. The van der Waals surface area contributed by atoms with E-state index in [4.69, 9.17) is 11.5 Å². The summed E-state index contributed by atoms with van der Waals surface area (Å²) in [6, 6.07) is -0.0340. The molecule has 2 nitrogen and oxygen atoms in total. The number of rotatable bonds is 2.